The van der Waals surface area contributed by atoms with E-state index in [0.29, 0.717) is 13.2 Å². The van der Waals surface area contributed by atoms with Crippen LogP contribution in [0.5, 0.6) is 11.5 Å². The van der Waals surface area contributed by atoms with Gasteiger partial charge in [-0.15, -0.1) is 6.58 Å². The third-order valence-corrected chi connectivity index (χ3v) is 3.64. The topological polar surface area (TPSA) is 30.5 Å². The lowest BCUT2D eigenvalue weighted by molar-refractivity contribution is 0.323. The molecule has 0 spiro atoms. The van der Waals surface area contributed by atoms with Gasteiger partial charge in [-0.25, -0.2) is 0 Å². The first kappa shape index (κ1) is 17.7. The van der Waals surface area contributed by atoms with Gasteiger partial charge in [0, 0.05) is 17.8 Å². The lowest BCUT2D eigenvalue weighted by Gasteiger charge is -2.16. The van der Waals surface area contributed by atoms with E-state index in [1.165, 1.54) is 5.56 Å². The number of anilines is 1. The Morgan fingerprint density at radius 1 is 1.12 bits per heavy atom. The molecule has 2 rings (SSSR count). The van der Waals surface area contributed by atoms with Crippen LogP contribution in [0.3, 0.4) is 0 Å². The summed E-state index contributed by atoms with van der Waals surface area (Å²) in [4.78, 5) is 0. The van der Waals surface area contributed by atoms with Gasteiger partial charge in [-0.3, -0.25) is 0 Å². The second-order valence-corrected chi connectivity index (χ2v) is 5.60. The lowest BCUT2D eigenvalue weighted by atomic mass is 10.1. The summed E-state index contributed by atoms with van der Waals surface area (Å²) in [5.41, 5.74) is 4.53. The van der Waals surface area contributed by atoms with E-state index in [9.17, 15) is 0 Å². The largest absolute Gasteiger partial charge is 0.493 e. The number of hydrogen-bond acceptors (Lipinski definition) is 3. The summed E-state index contributed by atoms with van der Waals surface area (Å²) >= 11 is 0. The van der Waals surface area contributed by atoms with Gasteiger partial charge in [0.1, 0.15) is 6.61 Å². The van der Waals surface area contributed by atoms with Gasteiger partial charge in [-0.2, -0.15) is 0 Å². The molecule has 0 aromatic heterocycles. The molecule has 0 heterocycles. The number of rotatable bonds is 9. The molecule has 3 nitrogen and oxygen atoms in total. The summed E-state index contributed by atoms with van der Waals surface area (Å²) in [6, 6.07) is 12.5. The van der Waals surface area contributed by atoms with E-state index in [-0.39, 0.29) is 0 Å². The first-order valence-electron chi connectivity index (χ1n) is 8.02. The molecule has 0 amide bonds. The maximum Gasteiger partial charge on any atom is 0.165 e. The maximum absolute atomic E-state index is 5.78. The normalized spacial score (nSPS) is 10.1. The van der Waals surface area contributed by atoms with Crippen molar-refractivity contribution >= 4 is 5.69 Å². The fourth-order valence-corrected chi connectivity index (χ4v) is 2.55. The molecule has 0 radical (unpaired) electrons. The maximum atomic E-state index is 5.78. The van der Waals surface area contributed by atoms with E-state index in [0.717, 1.165) is 34.7 Å². The van der Waals surface area contributed by atoms with Gasteiger partial charge >= 0.3 is 0 Å². The number of benzene rings is 2. The summed E-state index contributed by atoms with van der Waals surface area (Å²) in [5.74, 6) is 1.49. The molecule has 0 unspecified atom stereocenters. The predicted octanol–water partition coefficient (Wildman–Crippen LogP) is 4.91. The average molecular weight is 323 g/mol. The molecule has 0 aliphatic rings. The highest BCUT2D eigenvalue weighted by molar-refractivity contribution is 5.52. The van der Waals surface area contributed by atoms with Crippen molar-refractivity contribution in [2.24, 2.45) is 0 Å². The third-order valence-electron chi connectivity index (χ3n) is 3.64. The molecule has 3 heteroatoms. The van der Waals surface area contributed by atoms with Crippen LogP contribution in [0.2, 0.25) is 0 Å². The van der Waals surface area contributed by atoms with E-state index in [4.69, 9.17) is 9.47 Å². The zero-order chi connectivity index (χ0) is 17.4. The molecule has 0 aliphatic heterocycles. The van der Waals surface area contributed by atoms with Crippen molar-refractivity contribution in [3.05, 3.63) is 78.4 Å². The number of hydrogen-bond donors (Lipinski definition) is 1. The van der Waals surface area contributed by atoms with Crippen molar-refractivity contribution in [2.75, 3.05) is 19.0 Å². The molecular formula is C21H25NO2. The van der Waals surface area contributed by atoms with Crippen molar-refractivity contribution in [1.29, 1.82) is 0 Å². The zero-order valence-electron chi connectivity index (χ0n) is 14.5. The second-order valence-electron chi connectivity index (χ2n) is 5.60. The molecule has 0 saturated heterocycles. The molecule has 1 N–H and O–H groups in total. The average Bonchev–Trinajstić information content (AvgIpc) is 2.59. The van der Waals surface area contributed by atoms with Gasteiger partial charge in [0.05, 0.1) is 7.11 Å². The van der Waals surface area contributed by atoms with E-state index < -0.39 is 0 Å². The van der Waals surface area contributed by atoms with Gasteiger partial charge in [-0.1, -0.05) is 30.9 Å². The second kappa shape index (κ2) is 8.82. The summed E-state index contributed by atoms with van der Waals surface area (Å²) in [6.45, 7) is 10.8. The fraction of sp³-hybridized carbons (Fsp3) is 0.238. The highest BCUT2D eigenvalue weighted by atomic mass is 16.5. The summed E-state index contributed by atoms with van der Waals surface area (Å²) in [6.07, 6.45) is 4.32. The van der Waals surface area contributed by atoms with Gasteiger partial charge in [0.15, 0.2) is 11.5 Å². The van der Waals surface area contributed by atoms with E-state index in [2.05, 4.69) is 49.7 Å². The van der Waals surface area contributed by atoms with Crippen LogP contribution in [-0.2, 0) is 13.0 Å². The van der Waals surface area contributed by atoms with Gasteiger partial charge in [-0.05, 0) is 48.7 Å². The van der Waals surface area contributed by atoms with Gasteiger partial charge in [0.25, 0.3) is 0 Å². The number of methoxy groups -OCH3 is 1. The smallest absolute Gasteiger partial charge is 0.165 e. The predicted molar refractivity (Wildman–Crippen MR) is 101 cm³/mol. The van der Waals surface area contributed by atoms with Crippen LogP contribution in [-0.4, -0.2) is 13.7 Å². The van der Waals surface area contributed by atoms with Crippen LogP contribution in [0.1, 0.15) is 16.7 Å². The minimum Gasteiger partial charge on any atom is -0.493 e. The Morgan fingerprint density at radius 3 is 2.62 bits per heavy atom. The lowest BCUT2D eigenvalue weighted by Crippen LogP contribution is -2.04. The van der Waals surface area contributed by atoms with Crippen LogP contribution in [0.15, 0.2) is 61.7 Å². The molecule has 2 aromatic rings. The summed E-state index contributed by atoms with van der Waals surface area (Å²) < 4.78 is 11.3. The van der Waals surface area contributed by atoms with Crippen molar-refractivity contribution < 1.29 is 9.47 Å². The molecule has 2 aromatic carbocycles. The Labute approximate surface area is 144 Å². The minimum atomic E-state index is 0.446. The Balaban J connectivity index is 2.24. The Kier molecular flexibility index (Phi) is 6.50. The van der Waals surface area contributed by atoms with E-state index in [1.54, 1.807) is 13.2 Å². The van der Waals surface area contributed by atoms with Crippen molar-refractivity contribution in [2.45, 2.75) is 19.9 Å². The van der Waals surface area contributed by atoms with E-state index in [1.807, 2.05) is 18.2 Å². The monoisotopic (exact) mass is 323 g/mol. The number of aryl methyl sites for hydroxylation is 1. The van der Waals surface area contributed by atoms with Crippen LogP contribution < -0.4 is 14.8 Å². The quantitative estimate of drug-likeness (QED) is 0.665. The first-order valence-corrected chi connectivity index (χ1v) is 8.02. The zero-order valence-corrected chi connectivity index (χ0v) is 14.5. The minimum absolute atomic E-state index is 0.446. The third kappa shape index (κ3) is 4.66. The van der Waals surface area contributed by atoms with E-state index >= 15 is 0 Å². The van der Waals surface area contributed by atoms with Crippen LogP contribution in [0, 0.1) is 6.92 Å². The van der Waals surface area contributed by atoms with Crippen molar-refractivity contribution in [3.8, 4) is 11.5 Å². The molecule has 0 saturated carbocycles. The molecule has 0 atom stereocenters. The summed E-state index contributed by atoms with van der Waals surface area (Å²) in [5, 5.41) is 3.45. The molecule has 24 heavy (non-hydrogen) atoms. The first-order chi connectivity index (χ1) is 11.7. The number of nitrogens with one attached hydrogen (secondary N) is 1. The van der Waals surface area contributed by atoms with Crippen molar-refractivity contribution in [1.82, 2.24) is 0 Å². The van der Waals surface area contributed by atoms with Crippen LogP contribution in [0.25, 0.3) is 0 Å². The molecule has 0 aliphatic carbocycles. The summed E-state index contributed by atoms with van der Waals surface area (Å²) in [7, 11) is 1.66. The highest BCUT2D eigenvalue weighted by Crippen LogP contribution is 2.34. The van der Waals surface area contributed by atoms with Gasteiger partial charge in [0.2, 0.25) is 0 Å². The van der Waals surface area contributed by atoms with Crippen molar-refractivity contribution in [3.63, 3.8) is 0 Å². The fourth-order valence-electron chi connectivity index (χ4n) is 2.55. The molecular weight excluding hydrogens is 298 g/mol. The SMILES string of the molecule is C=CCOc1c(CC=C)cc(CNc2cccc(C)c2)cc1OC. The Morgan fingerprint density at radius 2 is 1.96 bits per heavy atom. The Bertz CT molecular complexity index is 707. The number of allylic oxidation sites excluding steroid dienone is 1. The molecule has 0 fully saturated rings. The number of ether oxygens (including phenoxy) is 2. The van der Waals surface area contributed by atoms with Crippen LogP contribution in [0.4, 0.5) is 5.69 Å². The van der Waals surface area contributed by atoms with Gasteiger partial charge < -0.3 is 14.8 Å². The molecule has 126 valence electrons. The molecule has 0 bridgehead atoms. The van der Waals surface area contributed by atoms with Crippen LogP contribution >= 0.6 is 0 Å². The Hall–Kier alpha value is -2.68. The highest BCUT2D eigenvalue weighted by Gasteiger charge is 2.12. The standard InChI is InChI=1S/C21H25NO2/c1-5-8-18-13-17(14-20(23-4)21(18)24-11-6-2)15-22-19-10-7-9-16(3)12-19/h5-7,9-10,12-14,22H,1-2,8,11,15H2,3-4H3.